The molecule has 324 valence electrons. The fourth-order valence-corrected chi connectivity index (χ4v) is 11.7. The zero-order valence-electron chi connectivity index (χ0n) is 37.3. The molecule has 14 rings (SSSR count). The molecule has 0 spiro atoms. The second-order valence-electron chi connectivity index (χ2n) is 17.7. The summed E-state index contributed by atoms with van der Waals surface area (Å²) in [6.07, 6.45) is 0. The zero-order chi connectivity index (χ0) is 45.4. The van der Waals surface area contributed by atoms with E-state index >= 15 is 0 Å². The van der Waals surface area contributed by atoms with Crippen molar-refractivity contribution in [3.8, 4) is 16.8 Å². The maximum absolute atomic E-state index is 6.42. The molecule has 3 heterocycles. The van der Waals surface area contributed by atoms with Gasteiger partial charge in [0.25, 0.3) is 0 Å². The van der Waals surface area contributed by atoms with Crippen molar-refractivity contribution in [1.82, 2.24) is 4.57 Å². The first-order chi connectivity index (χ1) is 34.2. The lowest BCUT2D eigenvalue weighted by molar-refractivity contribution is 0.669. The highest BCUT2D eigenvalue weighted by Crippen LogP contribution is 2.47. The van der Waals surface area contributed by atoms with Crippen LogP contribution in [0, 0.1) is 0 Å². The monoisotopic (exact) mass is 899 g/mol. The number of para-hydroxylation sites is 4. The van der Waals surface area contributed by atoms with Gasteiger partial charge in [-0.25, -0.2) is 0 Å². The molecule has 0 saturated carbocycles. The van der Waals surface area contributed by atoms with Crippen LogP contribution in [-0.4, -0.2) is 4.57 Å². The lowest BCUT2D eigenvalue weighted by Crippen LogP contribution is -2.13. The van der Waals surface area contributed by atoms with E-state index in [2.05, 4.69) is 257 Å². The van der Waals surface area contributed by atoms with Crippen LogP contribution in [0.5, 0.6) is 0 Å². The first-order valence-corrected chi connectivity index (χ1v) is 24.2. The van der Waals surface area contributed by atoms with Crippen LogP contribution in [0.15, 0.2) is 253 Å². The highest BCUT2D eigenvalue weighted by molar-refractivity contribution is 7.25. The smallest absolute Gasteiger partial charge is 0.135 e. The molecule has 11 aromatic carbocycles. The molecule has 69 heavy (non-hydrogen) atoms. The van der Waals surface area contributed by atoms with E-state index in [9.17, 15) is 0 Å². The molecule has 0 aliphatic rings. The quantitative estimate of drug-likeness (QED) is 0.152. The lowest BCUT2D eigenvalue weighted by atomic mass is 9.99. The molecule has 0 radical (unpaired) electrons. The summed E-state index contributed by atoms with van der Waals surface area (Å²) in [7, 11) is 0. The highest BCUT2D eigenvalue weighted by Gasteiger charge is 2.23. The summed E-state index contributed by atoms with van der Waals surface area (Å²) >= 11 is 1.84. The van der Waals surface area contributed by atoms with Crippen LogP contribution in [0.3, 0.4) is 0 Å². The van der Waals surface area contributed by atoms with Crippen molar-refractivity contribution in [2.24, 2.45) is 0 Å². The van der Waals surface area contributed by atoms with Gasteiger partial charge in [-0.2, -0.15) is 0 Å². The Labute approximate surface area is 402 Å². The van der Waals surface area contributed by atoms with E-state index in [0.29, 0.717) is 0 Å². The number of rotatable bonds is 8. The van der Waals surface area contributed by atoms with Gasteiger partial charge in [-0.1, -0.05) is 140 Å². The number of fused-ring (bicyclic) bond motifs is 11. The summed E-state index contributed by atoms with van der Waals surface area (Å²) < 4.78 is 11.4. The van der Waals surface area contributed by atoms with Crippen molar-refractivity contribution >= 4 is 120 Å². The zero-order valence-corrected chi connectivity index (χ0v) is 38.1. The number of hydrogen-bond donors (Lipinski definition) is 0. The van der Waals surface area contributed by atoms with Crippen molar-refractivity contribution in [2.75, 3.05) is 9.80 Å². The van der Waals surface area contributed by atoms with Gasteiger partial charge in [-0.15, -0.1) is 11.3 Å². The highest BCUT2D eigenvalue weighted by atomic mass is 32.1. The summed E-state index contributed by atoms with van der Waals surface area (Å²) in [6.45, 7) is 0. The Morgan fingerprint density at radius 2 is 0.899 bits per heavy atom. The van der Waals surface area contributed by atoms with Gasteiger partial charge in [0.1, 0.15) is 11.2 Å². The van der Waals surface area contributed by atoms with Crippen LogP contribution in [0.25, 0.3) is 91.5 Å². The third-order valence-corrected chi connectivity index (χ3v) is 14.8. The second-order valence-corrected chi connectivity index (χ2v) is 18.8. The third-order valence-electron chi connectivity index (χ3n) is 13.7. The topological polar surface area (TPSA) is 24.6 Å². The summed E-state index contributed by atoms with van der Waals surface area (Å²) in [5, 5.41) is 9.58. The van der Waals surface area contributed by atoms with Gasteiger partial charge in [0.15, 0.2) is 0 Å². The van der Waals surface area contributed by atoms with Gasteiger partial charge < -0.3 is 18.8 Å². The molecule has 0 bridgehead atoms. The first-order valence-electron chi connectivity index (χ1n) is 23.4. The number of anilines is 6. The van der Waals surface area contributed by atoms with Crippen LogP contribution in [0.4, 0.5) is 34.1 Å². The first kappa shape index (κ1) is 39.3. The Morgan fingerprint density at radius 1 is 0.319 bits per heavy atom. The Hall–Kier alpha value is -8.90. The van der Waals surface area contributed by atoms with Crippen molar-refractivity contribution in [3.63, 3.8) is 0 Å². The number of aromatic nitrogens is 1. The van der Waals surface area contributed by atoms with E-state index in [-0.39, 0.29) is 0 Å². The molecule has 0 atom stereocenters. The second kappa shape index (κ2) is 15.9. The molecule has 0 aliphatic carbocycles. The molecular weight excluding hydrogens is 859 g/mol. The van der Waals surface area contributed by atoms with Crippen LogP contribution in [0.1, 0.15) is 0 Å². The van der Waals surface area contributed by atoms with E-state index in [1.165, 1.54) is 47.2 Å². The molecule has 14 aromatic rings. The predicted molar refractivity (Wildman–Crippen MR) is 293 cm³/mol. The Bertz CT molecular complexity index is 4110. The van der Waals surface area contributed by atoms with E-state index in [0.717, 1.165) is 78.4 Å². The number of benzene rings is 11. The average Bonchev–Trinajstić information content (AvgIpc) is 4.09. The normalized spacial score (nSPS) is 11.8. The van der Waals surface area contributed by atoms with Crippen molar-refractivity contribution in [1.29, 1.82) is 0 Å². The molecule has 0 saturated heterocycles. The van der Waals surface area contributed by atoms with Crippen LogP contribution < -0.4 is 9.80 Å². The number of thiophene rings is 1. The van der Waals surface area contributed by atoms with E-state index in [1.807, 2.05) is 17.4 Å². The Kier molecular flexibility index (Phi) is 9.04. The van der Waals surface area contributed by atoms with Crippen LogP contribution >= 0.6 is 11.3 Å². The van der Waals surface area contributed by atoms with Crippen molar-refractivity contribution < 1.29 is 4.42 Å². The molecule has 0 fully saturated rings. The molecule has 0 aliphatic heterocycles. The van der Waals surface area contributed by atoms with E-state index < -0.39 is 0 Å². The SMILES string of the molecule is c1ccc(N(c2ccccc2)c2cc(-c3ccc4c5ccc6ccccc6c5n(-c5ccccc5)c4c3)cc(N(c3ccc4oc5ccccc5c4c3)c3ccc4sc5ccccc5c4c3)c2)cc1. The summed E-state index contributed by atoms with van der Waals surface area (Å²) in [4.78, 5) is 4.80. The number of nitrogens with zero attached hydrogens (tertiary/aromatic N) is 3. The number of hydrogen-bond acceptors (Lipinski definition) is 4. The maximum Gasteiger partial charge on any atom is 0.135 e. The summed E-state index contributed by atoms with van der Waals surface area (Å²) in [5.41, 5.74) is 13.8. The van der Waals surface area contributed by atoms with Gasteiger partial charge in [0.2, 0.25) is 0 Å². The largest absolute Gasteiger partial charge is 0.456 e. The molecule has 0 unspecified atom stereocenters. The minimum absolute atomic E-state index is 0.864. The minimum Gasteiger partial charge on any atom is -0.456 e. The van der Waals surface area contributed by atoms with Gasteiger partial charge in [0, 0.05) is 86.9 Å². The van der Waals surface area contributed by atoms with Crippen molar-refractivity contribution in [3.05, 3.63) is 249 Å². The standard InChI is InChI=1S/C64H41N3OS/c1-4-17-45(18-5-1)65(46-19-6-2-7-20-46)50-36-44(43-29-32-53-56-33-28-42-16-10-11-23-52(42)64(56)67(59(53)38-43)47-21-8-3-9-22-47)37-51(39-50)66(48-30-34-61-57(40-48)54-24-12-14-26-60(54)68-61)49-31-35-63-58(41-49)55-25-13-15-27-62(55)69-63/h1-41H. The fraction of sp³-hybridized carbons (Fsp3) is 0. The average molecular weight is 900 g/mol. The van der Waals surface area contributed by atoms with Gasteiger partial charge in [0.05, 0.1) is 11.0 Å². The number of furan rings is 1. The maximum atomic E-state index is 6.42. The molecule has 5 heteroatoms. The minimum atomic E-state index is 0.864. The molecule has 0 N–H and O–H groups in total. The Morgan fingerprint density at radius 3 is 1.67 bits per heavy atom. The molecule has 4 nitrogen and oxygen atoms in total. The van der Waals surface area contributed by atoms with E-state index in [4.69, 9.17) is 4.42 Å². The predicted octanol–water partition coefficient (Wildman–Crippen LogP) is 18.8. The molecule has 0 amide bonds. The van der Waals surface area contributed by atoms with Crippen molar-refractivity contribution in [2.45, 2.75) is 0 Å². The van der Waals surface area contributed by atoms with Gasteiger partial charge >= 0.3 is 0 Å². The fourth-order valence-electron chi connectivity index (χ4n) is 10.6. The van der Waals surface area contributed by atoms with Crippen LogP contribution in [0.2, 0.25) is 0 Å². The third kappa shape index (κ3) is 6.51. The van der Waals surface area contributed by atoms with Gasteiger partial charge in [-0.05, 0) is 126 Å². The summed E-state index contributed by atoms with van der Waals surface area (Å²) in [6, 6.07) is 90.3. The van der Waals surface area contributed by atoms with E-state index in [1.54, 1.807) is 0 Å². The summed E-state index contributed by atoms with van der Waals surface area (Å²) in [5.74, 6) is 0. The lowest BCUT2D eigenvalue weighted by Gasteiger charge is -2.30. The molecule has 3 aromatic heterocycles. The molecular formula is C64H41N3OS. The van der Waals surface area contributed by atoms with Gasteiger partial charge in [-0.3, -0.25) is 0 Å². The Balaban J connectivity index is 1.06. The van der Waals surface area contributed by atoms with Crippen LogP contribution in [-0.2, 0) is 0 Å².